The third kappa shape index (κ3) is 4.29. The number of rotatable bonds is 7. The number of phenols is 1. The predicted molar refractivity (Wildman–Crippen MR) is 137 cm³/mol. The summed E-state index contributed by atoms with van der Waals surface area (Å²) in [5.74, 6) is 1.72. The minimum atomic E-state index is -0.333. The number of Topliss-reactive ketones (excluding diaryl/α,β-unsaturated/α-hetero) is 1. The summed E-state index contributed by atoms with van der Waals surface area (Å²) in [4.78, 5) is 13.4. The second-order valence-corrected chi connectivity index (χ2v) is 12.1. The van der Waals surface area contributed by atoms with Crippen LogP contribution in [0, 0.1) is 11.8 Å². The largest absolute Gasteiger partial charge is 0.507 e. The van der Waals surface area contributed by atoms with Crippen LogP contribution in [0.3, 0.4) is 0 Å². The van der Waals surface area contributed by atoms with Gasteiger partial charge in [-0.3, -0.25) is 4.79 Å². The Morgan fingerprint density at radius 1 is 1.12 bits per heavy atom. The Morgan fingerprint density at radius 2 is 1.82 bits per heavy atom. The van der Waals surface area contributed by atoms with Gasteiger partial charge in [0.05, 0.1) is 0 Å². The number of carbonyl (C=O) groups is 1. The van der Waals surface area contributed by atoms with Crippen molar-refractivity contribution < 1.29 is 19.4 Å². The standard InChI is InChI=1S/C30H42O4/c1-17(2)10-9-11-19(5)12-13-20-26(32)24(25(31)18(3)4)28-23-21-16-30(8,34-28)15-14-22(21)29(6,7)33-27(20)23/h10,12,18,21-22,32H,9,11,13-16H2,1-8H3/t21-,22+,30-/m1/s1. The fraction of sp³-hybridized carbons (Fsp3) is 0.633. The Morgan fingerprint density at radius 3 is 2.47 bits per heavy atom. The summed E-state index contributed by atoms with van der Waals surface area (Å²) in [6.07, 6.45) is 9.85. The van der Waals surface area contributed by atoms with E-state index in [1.54, 1.807) is 0 Å². The van der Waals surface area contributed by atoms with Gasteiger partial charge in [-0.1, -0.05) is 37.1 Å². The van der Waals surface area contributed by atoms with E-state index < -0.39 is 0 Å². The van der Waals surface area contributed by atoms with Crippen LogP contribution in [-0.4, -0.2) is 22.1 Å². The number of aromatic hydroxyl groups is 1. The molecule has 186 valence electrons. The fourth-order valence-electron chi connectivity index (χ4n) is 6.18. The molecular weight excluding hydrogens is 424 g/mol. The Balaban J connectivity index is 1.86. The first-order valence-electron chi connectivity index (χ1n) is 13.0. The Hall–Kier alpha value is -2.23. The van der Waals surface area contributed by atoms with Gasteiger partial charge in [-0.15, -0.1) is 0 Å². The molecule has 1 N–H and O–H groups in total. The lowest BCUT2D eigenvalue weighted by molar-refractivity contribution is -0.0736. The normalized spacial score (nSPS) is 26.6. The number of phenolic OH excluding ortho intramolecular Hbond substituents is 1. The molecule has 2 heterocycles. The smallest absolute Gasteiger partial charge is 0.172 e. The summed E-state index contributed by atoms with van der Waals surface area (Å²) in [7, 11) is 0. The van der Waals surface area contributed by atoms with Gasteiger partial charge < -0.3 is 14.6 Å². The van der Waals surface area contributed by atoms with Crippen molar-refractivity contribution in [1.29, 1.82) is 0 Å². The van der Waals surface area contributed by atoms with Crippen molar-refractivity contribution in [3.63, 3.8) is 0 Å². The van der Waals surface area contributed by atoms with Gasteiger partial charge in [0.25, 0.3) is 0 Å². The zero-order valence-electron chi connectivity index (χ0n) is 22.3. The van der Waals surface area contributed by atoms with E-state index in [4.69, 9.17) is 9.47 Å². The molecular formula is C30H42O4. The highest BCUT2D eigenvalue weighted by molar-refractivity contribution is 6.04. The maximum atomic E-state index is 13.4. The second kappa shape index (κ2) is 8.77. The van der Waals surface area contributed by atoms with Gasteiger partial charge in [0.1, 0.15) is 34.0 Å². The van der Waals surface area contributed by atoms with E-state index in [1.807, 2.05) is 13.8 Å². The zero-order valence-corrected chi connectivity index (χ0v) is 22.3. The molecule has 1 aromatic rings. The van der Waals surface area contributed by atoms with Crippen molar-refractivity contribution in [2.45, 2.75) is 111 Å². The van der Waals surface area contributed by atoms with Crippen LogP contribution in [0.4, 0.5) is 0 Å². The highest BCUT2D eigenvalue weighted by atomic mass is 16.5. The van der Waals surface area contributed by atoms with Crippen molar-refractivity contribution in [3.05, 3.63) is 40.0 Å². The highest BCUT2D eigenvalue weighted by Crippen LogP contribution is 2.63. The van der Waals surface area contributed by atoms with Gasteiger partial charge in [0, 0.05) is 28.9 Å². The zero-order chi connectivity index (χ0) is 25.0. The molecule has 3 aliphatic rings. The number of allylic oxidation sites excluding steroid dienone is 4. The van der Waals surface area contributed by atoms with Crippen LogP contribution in [-0.2, 0) is 6.42 Å². The van der Waals surface area contributed by atoms with E-state index in [0.29, 0.717) is 23.7 Å². The Kier molecular flexibility index (Phi) is 6.42. The molecule has 0 unspecified atom stereocenters. The topological polar surface area (TPSA) is 55.8 Å². The summed E-state index contributed by atoms with van der Waals surface area (Å²) in [6, 6.07) is 0. The number of ether oxygens (including phenoxy) is 2. The number of benzene rings is 1. The van der Waals surface area contributed by atoms with E-state index in [1.165, 1.54) is 11.1 Å². The van der Waals surface area contributed by atoms with Crippen LogP contribution in [0.25, 0.3) is 0 Å². The van der Waals surface area contributed by atoms with Gasteiger partial charge in [-0.25, -0.2) is 0 Å². The van der Waals surface area contributed by atoms with Gasteiger partial charge >= 0.3 is 0 Å². The lowest BCUT2D eigenvalue weighted by Crippen LogP contribution is -2.54. The molecule has 3 atom stereocenters. The number of hydrogen-bond donors (Lipinski definition) is 1. The molecule has 2 bridgehead atoms. The molecule has 34 heavy (non-hydrogen) atoms. The lowest BCUT2D eigenvalue weighted by atomic mass is 9.61. The third-order valence-corrected chi connectivity index (χ3v) is 8.13. The molecule has 0 amide bonds. The van der Waals surface area contributed by atoms with E-state index in [2.05, 4.69) is 53.7 Å². The van der Waals surface area contributed by atoms with Crippen LogP contribution in [0.1, 0.15) is 115 Å². The molecule has 4 heteroatoms. The van der Waals surface area contributed by atoms with Crippen LogP contribution < -0.4 is 9.47 Å². The monoisotopic (exact) mass is 466 g/mol. The van der Waals surface area contributed by atoms with E-state index >= 15 is 0 Å². The maximum Gasteiger partial charge on any atom is 0.172 e. The molecule has 1 aliphatic carbocycles. The minimum Gasteiger partial charge on any atom is -0.507 e. The Labute approximate surface area is 205 Å². The van der Waals surface area contributed by atoms with Crippen LogP contribution in [0.2, 0.25) is 0 Å². The molecule has 1 saturated carbocycles. The average Bonchev–Trinajstić information content (AvgIpc) is 2.71. The third-order valence-electron chi connectivity index (χ3n) is 8.13. The van der Waals surface area contributed by atoms with Crippen LogP contribution >= 0.6 is 0 Å². The van der Waals surface area contributed by atoms with Crippen LogP contribution in [0.15, 0.2) is 23.3 Å². The fourth-order valence-corrected chi connectivity index (χ4v) is 6.18. The van der Waals surface area contributed by atoms with Crippen molar-refractivity contribution in [1.82, 2.24) is 0 Å². The Bertz CT molecular complexity index is 1050. The van der Waals surface area contributed by atoms with Crippen LogP contribution in [0.5, 0.6) is 17.2 Å². The summed E-state index contributed by atoms with van der Waals surface area (Å²) in [5, 5.41) is 11.6. The number of fused-ring (bicyclic) bond motifs is 1. The summed E-state index contributed by atoms with van der Waals surface area (Å²) in [6.45, 7) is 16.6. The lowest BCUT2D eigenvalue weighted by Gasteiger charge is -2.55. The summed E-state index contributed by atoms with van der Waals surface area (Å²) < 4.78 is 13.3. The van der Waals surface area contributed by atoms with Crippen molar-refractivity contribution in [2.24, 2.45) is 11.8 Å². The number of carbonyl (C=O) groups excluding carboxylic acids is 1. The molecule has 1 aromatic carbocycles. The molecule has 2 aliphatic heterocycles. The number of ketones is 1. The van der Waals surface area contributed by atoms with Gasteiger partial charge in [0.2, 0.25) is 0 Å². The first-order valence-corrected chi connectivity index (χ1v) is 13.0. The maximum absolute atomic E-state index is 13.4. The van der Waals surface area contributed by atoms with Gasteiger partial charge in [0.15, 0.2) is 5.78 Å². The minimum absolute atomic E-state index is 0.0404. The van der Waals surface area contributed by atoms with E-state index in [0.717, 1.165) is 49.0 Å². The first kappa shape index (κ1) is 24.9. The van der Waals surface area contributed by atoms with E-state index in [9.17, 15) is 9.90 Å². The molecule has 0 saturated heterocycles. The summed E-state index contributed by atoms with van der Waals surface area (Å²) in [5.41, 5.74) is 4.07. The predicted octanol–water partition coefficient (Wildman–Crippen LogP) is 7.67. The highest BCUT2D eigenvalue weighted by Gasteiger charge is 2.56. The molecule has 0 spiro atoms. The van der Waals surface area contributed by atoms with Crippen molar-refractivity contribution >= 4 is 5.78 Å². The van der Waals surface area contributed by atoms with Gasteiger partial charge in [-0.05, 0) is 80.1 Å². The second-order valence-electron chi connectivity index (χ2n) is 12.1. The number of hydrogen-bond acceptors (Lipinski definition) is 4. The van der Waals surface area contributed by atoms with E-state index in [-0.39, 0.29) is 34.6 Å². The molecule has 4 nitrogen and oxygen atoms in total. The first-order chi connectivity index (χ1) is 15.8. The quantitative estimate of drug-likeness (QED) is 0.331. The molecule has 0 aromatic heterocycles. The van der Waals surface area contributed by atoms with Crippen molar-refractivity contribution in [2.75, 3.05) is 0 Å². The average molecular weight is 467 g/mol. The molecule has 4 rings (SSSR count). The summed E-state index contributed by atoms with van der Waals surface area (Å²) >= 11 is 0. The van der Waals surface area contributed by atoms with Gasteiger partial charge in [-0.2, -0.15) is 0 Å². The SMILES string of the molecule is CC(C)=CCCC(C)=CCc1c(O)c(C(=O)C(C)C)c2c3c1OC(C)(C)[C@H]1CC[C@](C)(C[C@@H]31)O2. The van der Waals surface area contributed by atoms with Crippen molar-refractivity contribution in [3.8, 4) is 17.2 Å². The molecule has 0 radical (unpaired) electrons. The molecule has 1 fully saturated rings.